The van der Waals surface area contributed by atoms with Gasteiger partial charge in [0.05, 0.1) is 28.3 Å². The van der Waals surface area contributed by atoms with Gasteiger partial charge in [-0.25, -0.2) is 21.6 Å². The number of amides is 1. The summed E-state index contributed by atoms with van der Waals surface area (Å²) in [4.78, 5) is 11.9. The topological polar surface area (TPSA) is 84.5 Å². The summed E-state index contributed by atoms with van der Waals surface area (Å²) in [6.07, 6.45) is 0. The fourth-order valence-electron chi connectivity index (χ4n) is 2.14. The van der Waals surface area contributed by atoms with Gasteiger partial charge in [-0.05, 0) is 44.2 Å². The molecule has 0 fully saturated rings. The molecule has 2 aromatic carbocycles. The smallest absolute Gasteiger partial charge is 0.242 e. The van der Waals surface area contributed by atoms with E-state index in [0.29, 0.717) is 18.4 Å². The second-order valence-electron chi connectivity index (χ2n) is 5.58. The van der Waals surface area contributed by atoms with E-state index in [1.807, 2.05) is 5.32 Å². The predicted octanol–water partition coefficient (Wildman–Crippen LogP) is 3.46. The lowest BCUT2D eigenvalue weighted by Gasteiger charge is -2.15. The summed E-state index contributed by atoms with van der Waals surface area (Å²) in [6.45, 7) is 3.27. The molecule has 0 radical (unpaired) electrons. The van der Waals surface area contributed by atoms with Crippen LogP contribution in [0.3, 0.4) is 0 Å². The van der Waals surface area contributed by atoms with Crippen molar-refractivity contribution in [3.05, 3.63) is 52.8 Å². The van der Waals surface area contributed by atoms with Crippen LogP contribution in [-0.4, -0.2) is 27.0 Å². The lowest BCUT2D eigenvalue weighted by molar-refractivity contribution is -0.117. The molecule has 0 saturated heterocycles. The van der Waals surface area contributed by atoms with E-state index >= 15 is 0 Å². The van der Waals surface area contributed by atoms with Crippen LogP contribution in [0.4, 0.5) is 18.9 Å². The maximum atomic E-state index is 13.6. The Morgan fingerprint density at radius 3 is 2.46 bits per heavy atom. The standard InChI is InChI=1S/C17H16ClF3N2O4S/c1-3-27-14-7-4-10(8-11(14)18)28(25,26)23-9(2)17(24)22-13-6-5-12(19)15(20)16(13)21/h4-9,23H,3H2,1-2H3,(H,22,24). The molecule has 1 unspecified atom stereocenters. The minimum absolute atomic E-state index is 0.0608. The monoisotopic (exact) mass is 436 g/mol. The van der Waals surface area contributed by atoms with Gasteiger partial charge in [0.15, 0.2) is 17.5 Å². The zero-order valence-electron chi connectivity index (χ0n) is 14.7. The molecule has 2 aromatic rings. The number of carbonyl (C=O) groups is 1. The molecule has 0 saturated carbocycles. The average molecular weight is 437 g/mol. The van der Waals surface area contributed by atoms with Crippen molar-refractivity contribution in [2.24, 2.45) is 0 Å². The van der Waals surface area contributed by atoms with Gasteiger partial charge in [-0.15, -0.1) is 0 Å². The maximum Gasteiger partial charge on any atom is 0.242 e. The average Bonchev–Trinajstić information content (AvgIpc) is 2.63. The number of sulfonamides is 1. The fourth-order valence-corrected chi connectivity index (χ4v) is 3.67. The highest BCUT2D eigenvalue weighted by atomic mass is 35.5. The Balaban J connectivity index is 2.14. The van der Waals surface area contributed by atoms with Crippen molar-refractivity contribution < 1.29 is 31.1 Å². The van der Waals surface area contributed by atoms with Crippen molar-refractivity contribution in [1.29, 1.82) is 0 Å². The number of rotatable bonds is 7. The Kier molecular flexibility index (Phi) is 6.91. The third-order valence-electron chi connectivity index (χ3n) is 3.53. The molecule has 0 aliphatic heterocycles. The summed E-state index contributed by atoms with van der Waals surface area (Å²) < 4.78 is 71.9. The van der Waals surface area contributed by atoms with E-state index in [1.54, 1.807) is 6.92 Å². The number of ether oxygens (including phenoxy) is 1. The van der Waals surface area contributed by atoms with Crippen LogP contribution < -0.4 is 14.8 Å². The highest BCUT2D eigenvalue weighted by molar-refractivity contribution is 7.89. The molecular weight excluding hydrogens is 421 g/mol. The number of hydrogen-bond acceptors (Lipinski definition) is 4. The number of anilines is 1. The van der Waals surface area contributed by atoms with Crippen molar-refractivity contribution in [2.45, 2.75) is 24.8 Å². The van der Waals surface area contributed by atoms with E-state index in [9.17, 15) is 26.4 Å². The van der Waals surface area contributed by atoms with E-state index in [-0.39, 0.29) is 9.92 Å². The first-order chi connectivity index (χ1) is 13.1. The van der Waals surface area contributed by atoms with Gasteiger partial charge in [0.25, 0.3) is 0 Å². The first-order valence-electron chi connectivity index (χ1n) is 7.95. The number of nitrogens with one attached hydrogen (secondary N) is 2. The van der Waals surface area contributed by atoms with Gasteiger partial charge < -0.3 is 10.1 Å². The number of carbonyl (C=O) groups excluding carboxylic acids is 1. The van der Waals surface area contributed by atoms with Crippen molar-refractivity contribution in [3.63, 3.8) is 0 Å². The van der Waals surface area contributed by atoms with Gasteiger partial charge >= 0.3 is 0 Å². The van der Waals surface area contributed by atoms with Gasteiger partial charge in [0.1, 0.15) is 5.75 Å². The zero-order valence-corrected chi connectivity index (χ0v) is 16.3. The molecule has 2 N–H and O–H groups in total. The quantitative estimate of drug-likeness (QED) is 0.651. The van der Waals surface area contributed by atoms with E-state index in [1.165, 1.54) is 19.1 Å². The maximum absolute atomic E-state index is 13.6. The Bertz CT molecular complexity index is 1000. The minimum atomic E-state index is -4.15. The van der Waals surface area contributed by atoms with Crippen LogP contribution >= 0.6 is 11.6 Å². The van der Waals surface area contributed by atoms with Crippen LogP contribution in [0.25, 0.3) is 0 Å². The molecule has 0 heterocycles. The Morgan fingerprint density at radius 1 is 1.18 bits per heavy atom. The van der Waals surface area contributed by atoms with Gasteiger partial charge in [-0.2, -0.15) is 4.72 Å². The van der Waals surface area contributed by atoms with Crippen LogP contribution in [-0.2, 0) is 14.8 Å². The number of hydrogen-bond donors (Lipinski definition) is 2. The highest BCUT2D eigenvalue weighted by Crippen LogP contribution is 2.27. The van der Waals surface area contributed by atoms with Gasteiger partial charge in [-0.1, -0.05) is 11.6 Å². The molecule has 152 valence electrons. The molecular formula is C17H16ClF3N2O4S. The lowest BCUT2D eigenvalue weighted by Crippen LogP contribution is -2.41. The normalized spacial score (nSPS) is 12.5. The van der Waals surface area contributed by atoms with Crippen LogP contribution in [0.15, 0.2) is 35.2 Å². The summed E-state index contributed by atoms with van der Waals surface area (Å²) >= 11 is 5.96. The van der Waals surface area contributed by atoms with Crippen LogP contribution in [0.5, 0.6) is 5.75 Å². The molecule has 11 heteroatoms. The molecule has 28 heavy (non-hydrogen) atoms. The Morgan fingerprint density at radius 2 is 1.86 bits per heavy atom. The second kappa shape index (κ2) is 8.80. The molecule has 0 aliphatic rings. The highest BCUT2D eigenvalue weighted by Gasteiger charge is 2.24. The Labute approximate surface area is 164 Å². The summed E-state index contributed by atoms with van der Waals surface area (Å²) in [5.41, 5.74) is -0.626. The van der Waals surface area contributed by atoms with Gasteiger partial charge in [-0.3, -0.25) is 4.79 Å². The molecule has 0 aliphatic carbocycles. The van der Waals surface area contributed by atoms with E-state index in [4.69, 9.17) is 16.3 Å². The summed E-state index contributed by atoms with van der Waals surface area (Å²) in [7, 11) is -4.15. The van der Waals surface area contributed by atoms with Gasteiger partial charge in [0.2, 0.25) is 15.9 Å². The van der Waals surface area contributed by atoms with Crippen molar-refractivity contribution in [1.82, 2.24) is 4.72 Å². The molecule has 1 atom stereocenters. The van der Waals surface area contributed by atoms with Crippen molar-refractivity contribution >= 4 is 33.2 Å². The van der Waals surface area contributed by atoms with Crippen LogP contribution in [0.2, 0.25) is 5.02 Å². The number of halogens is 4. The van der Waals surface area contributed by atoms with Crippen LogP contribution in [0, 0.1) is 17.5 Å². The summed E-state index contributed by atoms with van der Waals surface area (Å²) in [5, 5.41) is 2.06. The SMILES string of the molecule is CCOc1ccc(S(=O)(=O)NC(C)C(=O)Nc2ccc(F)c(F)c2F)cc1Cl. The third-order valence-corrected chi connectivity index (χ3v) is 5.37. The third kappa shape index (κ3) is 4.94. The molecule has 1 amide bonds. The molecule has 6 nitrogen and oxygen atoms in total. The summed E-state index contributed by atoms with van der Waals surface area (Å²) in [6, 6.07) is 3.84. The first-order valence-corrected chi connectivity index (χ1v) is 9.82. The van der Waals surface area contributed by atoms with Crippen molar-refractivity contribution in [3.8, 4) is 5.75 Å². The molecule has 0 bridgehead atoms. The Hall–Kier alpha value is -2.30. The molecule has 2 rings (SSSR count). The summed E-state index contributed by atoms with van der Waals surface area (Å²) in [5.74, 6) is -5.46. The van der Waals surface area contributed by atoms with Gasteiger partial charge in [0, 0.05) is 0 Å². The fraction of sp³-hybridized carbons (Fsp3) is 0.235. The largest absolute Gasteiger partial charge is 0.492 e. The van der Waals surface area contributed by atoms with E-state index in [0.717, 1.165) is 12.1 Å². The lowest BCUT2D eigenvalue weighted by atomic mass is 10.2. The zero-order chi connectivity index (χ0) is 21.1. The molecule has 0 spiro atoms. The van der Waals surface area contributed by atoms with Crippen LogP contribution in [0.1, 0.15) is 13.8 Å². The van der Waals surface area contributed by atoms with Crippen molar-refractivity contribution in [2.75, 3.05) is 11.9 Å². The first kappa shape index (κ1) is 22.0. The minimum Gasteiger partial charge on any atom is -0.492 e. The van der Waals surface area contributed by atoms with E-state index < -0.39 is 45.1 Å². The predicted molar refractivity (Wildman–Crippen MR) is 97.4 cm³/mol. The second-order valence-corrected chi connectivity index (χ2v) is 7.70. The molecule has 0 aromatic heterocycles. The number of benzene rings is 2. The van der Waals surface area contributed by atoms with E-state index in [2.05, 4.69) is 4.72 Å².